The van der Waals surface area contributed by atoms with Crippen LogP contribution < -0.4 is 4.90 Å². The highest BCUT2D eigenvalue weighted by Gasteiger charge is 2.24. The Labute approximate surface area is 83.9 Å². The van der Waals surface area contributed by atoms with Crippen LogP contribution in [-0.2, 0) is 11.3 Å². The van der Waals surface area contributed by atoms with E-state index in [0.29, 0.717) is 6.61 Å². The molecule has 0 spiro atoms. The lowest BCUT2D eigenvalue weighted by molar-refractivity contribution is 0.181. The Hall–Kier alpha value is -1.16. The first kappa shape index (κ1) is 9.40. The van der Waals surface area contributed by atoms with E-state index in [1.54, 1.807) is 13.3 Å². The van der Waals surface area contributed by atoms with Gasteiger partial charge in [0.25, 0.3) is 0 Å². The smallest absolute Gasteiger partial charge is 0.225 e. The van der Waals surface area contributed by atoms with E-state index in [2.05, 4.69) is 21.8 Å². The highest BCUT2D eigenvalue weighted by atomic mass is 16.5. The second-order valence-electron chi connectivity index (χ2n) is 3.79. The third-order valence-corrected chi connectivity index (χ3v) is 2.34. The summed E-state index contributed by atoms with van der Waals surface area (Å²) in [5.74, 6) is 1.60. The molecular weight excluding hydrogens is 178 g/mol. The second kappa shape index (κ2) is 3.92. The summed E-state index contributed by atoms with van der Waals surface area (Å²) in [4.78, 5) is 10.8. The Kier molecular flexibility index (Phi) is 2.63. The number of hydrogen-bond donors (Lipinski definition) is 0. The van der Waals surface area contributed by atoms with Crippen molar-refractivity contribution in [2.45, 2.75) is 13.5 Å². The summed E-state index contributed by atoms with van der Waals surface area (Å²) in [5, 5.41) is 0. The molecule has 1 aromatic heterocycles. The highest BCUT2D eigenvalue weighted by molar-refractivity contribution is 5.33. The van der Waals surface area contributed by atoms with Crippen molar-refractivity contribution < 1.29 is 4.74 Å². The van der Waals surface area contributed by atoms with Crippen LogP contribution in [0.3, 0.4) is 0 Å². The van der Waals surface area contributed by atoms with Gasteiger partial charge in [0, 0.05) is 26.4 Å². The third-order valence-electron chi connectivity index (χ3n) is 2.34. The van der Waals surface area contributed by atoms with E-state index < -0.39 is 0 Å². The number of nitrogens with zero attached hydrogens (tertiary/aromatic N) is 3. The molecule has 0 amide bonds. The number of ether oxygens (including phenoxy) is 1. The monoisotopic (exact) mass is 193 g/mol. The number of anilines is 1. The van der Waals surface area contributed by atoms with E-state index >= 15 is 0 Å². The minimum Gasteiger partial charge on any atom is -0.378 e. The van der Waals surface area contributed by atoms with E-state index in [1.165, 1.54) is 0 Å². The maximum atomic E-state index is 5.03. The molecule has 4 heteroatoms. The first-order chi connectivity index (χ1) is 6.79. The van der Waals surface area contributed by atoms with E-state index in [9.17, 15) is 0 Å². The maximum Gasteiger partial charge on any atom is 0.225 e. The van der Waals surface area contributed by atoms with Gasteiger partial charge in [0.1, 0.15) is 0 Å². The van der Waals surface area contributed by atoms with Crippen molar-refractivity contribution in [3.8, 4) is 0 Å². The molecule has 4 nitrogen and oxygen atoms in total. The van der Waals surface area contributed by atoms with Gasteiger partial charge in [-0.1, -0.05) is 6.92 Å². The fourth-order valence-electron chi connectivity index (χ4n) is 1.63. The van der Waals surface area contributed by atoms with Crippen LogP contribution in [0.5, 0.6) is 0 Å². The largest absolute Gasteiger partial charge is 0.378 e. The molecule has 0 N–H and O–H groups in total. The van der Waals surface area contributed by atoms with Crippen molar-refractivity contribution in [3.63, 3.8) is 0 Å². The van der Waals surface area contributed by atoms with Crippen LogP contribution in [0.1, 0.15) is 12.6 Å². The molecule has 2 rings (SSSR count). The van der Waals surface area contributed by atoms with Gasteiger partial charge in [-0.2, -0.15) is 0 Å². The van der Waals surface area contributed by atoms with Gasteiger partial charge >= 0.3 is 0 Å². The topological polar surface area (TPSA) is 38.2 Å². The standard InChI is InChI=1S/C10H15N3O/c1-8-5-13(6-8)10-11-4-3-9(12-10)7-14-2/h3-4,8H,5-7H2,1-2H3. The lowest BCUT2D eigenvalue weighted by atomic mass is 10.0. The van der Waals surface area contributed by atoms with Crippen LogP contribution in [0.15, 0.2) is 12.3 Å². The molecule has 1 saturated heterocycles. The molecule has 76 valence electrons. The average molecular weight is 193 g/mol. The zero-order valence-corrected chi connectivity index (χ0v) is 8.60. The van der Waals surface area contributed by atoms with Crippen LogP contribution in [0.25, 0.3) is 0 Å². The molecule has 0 bridgehead atoms. The van der Waals surface area contributed by atoms with Crippen molar-refractivity contribution in [2.24, 2.45) is 5.92 Å². The summed E-state index contributed by atoms with van der Waals surface area (Å²) in [6.07, 6.45) is 1.79. The third kappa shape index (κ3) is 1.85. The predicted molar refractivity (Wildman–Crippen MR) is 54.1 cm³/mol. The average Bonchev–Trinajstić information content (AvgIpc) is 2.14. The fraction of sp³-hybridized carbons (Fsp3) is 0.600. The Morgan fingerprint density at radius 1 is 1.57 bits per heavy atom. The Morgan fingerprint density at radius 2 is 2.36 bits per heavy atom. The number of hydrogen-bond acceptors (Lipinski definition) is 4. The first-order valence-corrected chi connectivity index (χ1v) is 4.85. The Morgan fingerprint density at radius 3 is 3.00 bits per heavy atom. The summed E-state index contributed by atoms with van der Waals surface area (Å²) < 4.78 is 5.03. The van der Waals surface area contributed by atoms with Gasteiger partial charge < -0.3 is 9.64 Å². The minimum atomic E-state index is 0.554. The number of rotatable bonds is 3. The molecule has 1 aliphatic heterocycles. The molecule has 1 fully saturated rings. The second-order valence-corrected chi connectivity index (χ2v) is 3.79. The lowest BCUT2D eigenvalue weighted by Gasteiger charge is -2.37. The molecule has 14 heavy (non-hydrogen) atoms. The molecular formula is C10H15N3O. The van der Waals surface area contributed by atoms with Crippen LogP contribution in [-0.4, -0.2) is 30.2 Å². The normalized spacial score (nSPS) is 16.9. The minimum absolute atomic E-state index is 0.554. The summed E-state index contributed by atoms with van der Waals surface area (Å²) in [7, 11) is 1.67. The molecule has 1 aromatic rings. The molecule has 0 radical (unpaired) electrons. The van der Waals surface area contributed by atoms with Crippen LogP contribution in [0.4, 0.5) is 5.95 Å². The van der Waals surface area contributed by atoms with Crippen LogP contribution in [0.2, 0.25) is 0 Å². The zero-order valence-electron chi connectivity index (χ0n) is 8.60. The van der Waals surface area contributed by atoms with Crippen molar-refractivity contribution >= 4 is 5.95 Å². The fourth-order valence-corrected chi connectivity index (χ4v) is 1.63. The summed E-state index contributed by atoms with van der Waals surface area (Å²) in [6.45, 7) is 4.92. The molecule has 0 unspecified atom stereocenters. The molecule has 0 aromatic carbocycles. The number of methoxy groups -OCH3 is 1. The number of aromatic nitrogens is 2. The van der Waals surface area contributed by atoms with Gasteiger partial charge in [-0.25, -0.2) is 9.97 Å². The Balaban J connectivity index is 2.06. The van der Waals surface area contributed by atoms with Gasteiger partial charge in [0.2, 0.25) is 5.95 Å². The van der Waals surface area contributed by atoms with Crippen molar-refractivity contribution in [2.75, 3.05) is 25.1 Å². The molecule has 0 atom stereocenters. The van der Waals surface area contributed by atoms with E-state index in [-0.39, 0.29) is 0 Å². The van der Waals surface area contributed by atoms with Gasteiger partial charge in [-0.15, -0.1) is 0 Å². The van der Waals surface area contributed by atoms with Crippen molar-refractivity contribution in [1.29, 1.82) is 0 Å². The van der Waals surface area contributed by atoms with Gasteiger partial charge in [0.05, 0.1) is 12.3 Å². The van der Waals surface area contributed by atoms with E-state index in [4.69, 9.17) is 4.74 Å². The van der Waals surface area contributed by atoms with Gasteiger partial charge in [-0.05, 0) is 12.0 Å². The summed E-state index contributed by atoms with van der Waals surface area (Å²) >= 11 is 0. The van der Waals surface area contributed by atoms with Crippen molar-refractivity contribution in [3.05, 3.63) is 18.0 Å². The van der Waals surface area contributed by atoms with Gasteiger partial charge in [0.15, 0.2) is 0 Å². The van der Waals surface area contributed by atoms with E-state index in [1.807, 2.05) is 6.07 Å². The lowest BCUT2D eigenvalue weighted by Crippen LogP contribution is -2.46. The van der Waals surface area contributed by atoms with Crippen LogP contribution >= 0.6 is 0 Å². The highest BCUT2D eigenvalue weighted by Crippen LogP contribution is 2.20. The van der Waals surface area contributed by atoms with Crippen molar-refractivity contribution in [1.82, 2.24) is 9.97 Å². The summed E-state index contributed by atoms with van der Waals surface area (Å²) in [6, 6.07) is 1.89. The Bertz CT molecular complexity index is 310. The van der Waals surface area contributed by atoms with Gasteiger partial charge in [-0.3, -0.25) is 0 Å². The van der Waals surface area contributed by atoms with E-state index in [0.717, 1.165) is 30.6 Å². The van der Waals surface area contributed by atoms with Crippen LogP contribution in [0, 0.1) is 5.92 Å². The predicted octanol–water partition coefficient (Wildman–Crippen LogP) is 1.08. The summed E-state index contributed by atoms with van der Waals surface area (Å²) in [5.41, 5.74) is 0.942. The zero-order chi connectivity index (χ0) is 9.97. The molecule has 0 saturated carbocycles. The molecule has 0 aliphatic carbocycles. The molecule has 2 heterocycles. The SMILES string of the molecule is COCc1ccnc(N2CC(C)C2)n1. The quantitative estimate of drug-likeness (QED) is 0.720. The first-order valence-electron chi connectivity index (χ1n) is 4.85. The molecule has 1 aliphatic rings. The maximum absolute atomic E-state index is 5.03.